The molecule has 2 atom stereocenters. The molecule has 2 aliphatic heterocycles. The summed E-state index contributed by atoms with van der Waals surface area (Å²) in [6.07, 6.45) is 0. The third-order valence-electron chi connectivity index (χ3n) is 4.31. The zero-order valence-electron chi connectivity index (χ0n) is 15.7. The maximum Gasteiger partial charge on any atom is 0.302 e. The number of aromatic nitrogens is 1. The minimum Gasteiger partial charge on any atom is -0.461 e. The first-order valence-electron chi connectivity index (χ1n) is 8.35. The lowest BCUT2D eigenvalue weighted by atomic mass is 10.0. The van der Waals surface area contributed by atoms with Crippen molar-refractivity contribution in [2.45, 2.75) is 25.3 Å². The van der Waals surface area contributed by atoms with E-state index in [1.807, 2.05) is 0 Å². The molecule has 1 aromatic heterocycles. The second-order valence-electron chi connectivity index (χ2n) is 6.13. The largest absolute Gasteiger partial charge is 0.461 e. The Bertz CT molecular complexity index is 931. The number of nitrogen functional groups attached to an aromatic ring is 1. The summed E-state index contributed by atoms with van der Waals surface area (Å²) in [7, 11) is 1.28. The second-order valence-corrected chi connectivity index (χ2v) is 8.86. The number of carbonyl (C=O) groups excluding carboxylic acids is 3. The van der Waals surface area contributed by atoms with Gasteiger partial charge in [-0.2, -0.15) is 0 Å². The lowest BCUT2D eigenvalue weighted by molar-refractivity contribution is -0.145. The number of rotatable bonds is 6. The monoisotopic (exact) mass is 459 g/mol. The SMILES string of the molecule is CON=C(C(=O)N[C@@H]1C(=O)N2C(C)=C(COC(C)=O)CS[C@H]12)c1nc(N)sc1Cl. The molecule has 1 aromatic rings. The molecule has 0 radical (unpaired) electrons. The highest BCUT2D eigenvalue weighted by atomic mass is 35.5. The van der Waals surface area contributed by atoms with Gasteiger partial charge in [0.25, 0.3) is 11.8 Å². The maximum absolute atomic E-state index is 12.7. The average molecular weight is 460 g/mol. The van der Waals surface area contributed by atoms with E-state index in [9.17, 15) is 14.4 Å². The number of oxime groups is 1. The van der Waals surface area contributed by atoms with Crippen LogP contribution in [-0.2, 0) is 24.0 Å². The smallest absolute Gasteiger partial charge is 0.302 e. The van der Waals surface area contributed by atoms with Crippen LogP contribution in [0.15, 0.2) is 16.4 Å². The van der Waals surface area contributed by atoms with Crippen LogP contribution in [-0.4, -0.2) is 64.3 Å². The summed E-state index contributed by atoms with van der Waals surface area (Å²) < 4.78 is 5.22. The van der Waals surface area contributed by atoms with Crippen molar-refractivity contribution in [3.8, 4) is 0 Å². The van der Waals surface area contributed by atoms with Gasteiger partial charge in [-0.15, -0.1) is 11.8 Å². The average Bonchev–Trinajstić information content (AvgIpc) is 3.00. The molecule has 3 rings (SSSR count). The maximum atomic E-state index is 12.7. The summed E-state index contributed by atoms with van der Waals surface area (Å²) in [6.45, 7) is 3.25. The summed E-state index contributed by atoms with van der Waals surface area (Å²) in [6, 6.07) is -0.741. The Hall–Kier alpha value is -2.31. The Morgan fingerprint density at radius 1 is 1.48 bits per heavy atom. The number of halogens is 1. The van der Waals surface area contributed by atoms with Gasteiger partial charge in [0.05, 0.1) is 0 Å². The molecular formula is C16H18ClN5O5S2. The molecule has 29 heavy (non-hydrogen) atoms. The number of hydrogen-bond acceptors (Lipinski definition) is 10. The summed E-state index contributed by atoms with van der Waals surface area (Å²) in [4.78, 5) is 46.7. The number of nitrogens with zero attached hydrogens (tertiary/aromatic N) is 3. The number of carbonyl (C=O) groups is 3. The van der Waals surface area contributed by atoms with Crippen molar-refractivity contribution in [3.05, 3.63) is 21.3 Å². The lowest BCUT2D eigenvalue weighted by Crippen LogP contribution is -2.70. The highest BCUT2D eigenvalue weighted by Crippen LogP contribution is 2.40. The number of nitrogens with two attached hydrogens (primary N) is 1. The number of esters is 1. The molecule has 0 aliphatic carbocycles. The molecule has 0 aromatic carbocycles. The Morgan fingerprint density at radius 2 is 2.21 bits per heavy atom. The zero-order valence-corrected chi connectivity index (χ0v) is 18.1. The fourth-order valence-corrected chi connectivity index (χ4v) is 5.26. The van der Waals surface area contributed by atoms with Crippen LogP contribution >= 0.6 is 34.7 Å². The minimum absolute atomic E-state index is 0.0909. The molecule has 1 saturated heterocycles. The van der Waals surface area contributed by atoms with E-state index >= 15 is 0 Å². The topological polar surface area (TPSA) is 136 Å². The van der Waals surface area contributed by atoms with Crippen molar-refractivity contribution in [2.75, 3.05) is 25.2 Å². The number of hydrogen-bond donors (Lipinski definition) is 2. The summed E-state index contributed by atoms with van der Waals surface area (Å²) in [5.41, 5.74) is 7.13. The van der Waals surface area contributed by atoms with Gasteiger partial charge in [0.1, 0.15) is 35.2 Å². The van der Waals surface area contributed by atoms with Crippen molar-refractivity contribution < 1.29 is 24.0 Å². The van der Waals surface area contributed by atoms with Crippen LogP contribution in [0.1, 0.15) is 19.5 Å². The van der Waals surface area contributed by atoms with Crippen molar-refractivity contribution in [2.24, 2.45) is 5.16 Å². The predicted octanol–water partition coefficient (Wildman–Crippen LogP) is 0.966. The highest BCUT2D eigenvalue weighted by molar-refractivity contribution is 8.00. The Balaban J connectivity index is 1.73. The van der Waals surface area contributed by atoms with Gasteiger partial charge in [-0.25, -0.2) is 4.98 Å². The molecule has 0 bridgehead atoms. The quantitative estimate of drug-likeness (QED) is 0.278. The molecule has 10 nitrogen and oxygen atoms in total. The zero-order chi connectivity index (χ0) is 21.3. The van der Waals surface area contributed by atoms with Crippen molar-refractivity contribution in [1.29, 1.82) is 0 Å². The number of fused-ring (bicyclic) bond motifs is 1. The van der Waals surface area contributed by atoms with E-state index in [2.05, 4.69) is 15.5 Å². The second kappa shape index (κ2) is 8.59. The Kier molecular flexibility index (Phi) is 6.34. The molecule has 0 spiro atoms. The minimum atomic E-state index is -0.741. The van der Waals surface area contributed by atoms with Gasteiger partial charge in [-0.3, -0.25) is 19.3 Å². The first kappa shape index (κ1) is 21.4. The molecule has 0 unspecified atom stereocenters. The number of ether oxygens (including phenoxy) is 1. The Morgan fingerprint density at radius 3 is 2.79 bits per heavy atom. The Labute approximate surface area is 179 Å². The van der Waals surface area contributed by atoms with Crippen LogP contribution in [0, 0.1) is 0 Å². The van der Waals surface area contributed by atoms with Gasteiger partial charge in [-0.1, -0.05) is 28.1 Å². The van der Waals surface area contributed by atoms with Crippen LogP contribution in [0.3, 0.4) is 0 Å². The van der Waals surface area contributed by atoms with E-state index in [-0.39, 0.29) is 44.7 Å². The number of allylic oxidation sites excluding steroid dienone is 1. The number of anilines is 1. The number of nitrogens with one attached hydrogen (secondary N) is 1. The van der Waals surface area contributed by atoms with Gasteiger partial charge in [-0.05, 0) is 12.5 Å². The van der Waals surface area contributed by atoms with E-state index in [0.29, 0.717) is 5.75 Å². The van der Waals surface area contributed by atoms with E-state index in [1.165, 1.54) is 25.8 Å². The van der Waals surface area contributed by atoms with Crippen LogP contribution in [0.5, 0.6) is 0 Å². The van der Waals surface area contributed by atoms with Gasteiger partial charge in [0.2, 0.25) is 0 Å². The summed E-state index contributed by atoms with van der Waals surface area (Å²) in [5, 5.41) is 6.27. The molecule has 2 aliphatic rings. The molecule has 3 heterocycles. The van der Waals surface area contributed by atoms with Crippen molar-refractivity contribution >= 4 is 63.3 Å². The van der Waals surface area contributed by atoms with Crippen molar-refractivity contribution in [3.63, 3.8) is 0 Å². The number of thiazole rings is 1. The molecular weight excluding hydrogens is 442 g/mol. The predicted molar refractivity (Wildman–Crippen MR) is 109 cm³/mol. The molecule has 0 saturated carbocycles. The summed E-state index contributed by atoms with van der Waals surface area (Å²) in [5.74, 6) is -0.726. The third kappa shape index (κ3) is 4.19. The molecule has 2 amide bonds. The van der Waals surface area contributed by atoms with Crippen molar-refractivity contribution in [1.82, 2.24) is 15.2 Å². The standard InChI is InChI=1S/C16H18ClN5O5S2/c1-6-8(4-27-7(2)23)5-28-15-11(14(25)22(6)15)19-13(24)10(21-26-3)9-12(17)29-16(18)20-9/h11,15H,4-5H2,1-3H3,(H2,18,20)(H,19,24)/t11-,15-/m1/s1. The van der Waals surface area contributed by atoms with Crippen LogP contribution in [0.25, 0.3) is 0 Å². The first-order valence-corrected chi connectivity index (χ1v) is 10.6. The van der Waals surface area contributed by atoms with Gasteiger partial charge in [0, 0.05) is 18.4 Å². The first-order chi connectivity index (χ1) is 13.7. The fraction of sp³-hybridized carbons (Fsp3) is 0.438. The van der Waals surface area contributed by atoms with Gasteiger partial charge < -0.3 is 20.6 Å². The van der Waals surface area contributed by atoms with Gasteiger partial charge in [0.15, 0.2) is 10.8 Å². The van der Waals surface area contributed by atoms with E-state index < -0.39 is 11.9 Å². The van der Waals surface area contributed by atoms with Crippen LogP contribution in [0.4, 0.5) is 5.13 Å². The number of amides is 2. The van der Waals surface area contributed by atoms with Crippen LogP contribution < -0.4 is 11.1 Å². The lowest BCUT2D eigenvalue weighted by Gasteiger charge is -2.50. The number of β-lactam (4-membered cyclic amide) rings is 1. The normalized spacial score (nSPS) is 21.4. The fourth-order valence-electron chi connectivity index (χ4n) is 2.88. The highest BCUT2D eigenvalue weighted by Gasteiger charge is 2.52. The molecule has 156 valence electrons. The molecule has 1 fully saturated rings. The number of thioether (sulfide) groups is 1. The van der Waals surface area contributed by atoms with E-state index in [1.54, 1.807) is 11.8 Å². The molecule has 13 heteroatoms. The van der Waals surface area contributed by atoms with E-state index in [0.717, 1.165) is 22.6 Å². The summed E-state index contributed by atoms with van der Waals surface area (Å²) >= 11 is 8.54. The van der Waals surface area contributed by atoms with Gasteiger partial charge >= 0.3 is 5.97 Å². The van der Waals surface area contributed by atoms with Crippen LogP contribution in [0.2, 0.25) is 4.34 Å². The molecule has 3 N–H and O–H groups in total. The third-order valence-corrected chi connectivity index (χ3v) is 6.73. The van der Waals surface area contributed by atoms with E-state index in [4.69, 9.17) is 26.9 Å².